The summed E-state index contributed by atoms with van der Waals surface area (Å²) in [4.78, 5) is 10.8. The predicted molar refractivity (Wildman–Crippen MR) is 90.6 cm³/mol. The van der Waals surface area contributed by atoms with Crippen molar-refractivity contribution in [2.45, 2.75) is 24.5 Å². The Kier molecular flexibility index (Phi) is 3.73. The molecule has 2 aliphatic heterocycles. The second-order valence-corrected chi connectivity index (χ2v) is 6.39. The topological polar surface area (TPSA) is 51.1 Å². The van der Waals surface area contributed by atoms with Gasteiger partial charge in [0.15, 0.2) is 0 Å². The van der Waals surface area contributed by atoms with E-state index in [9.17, 15) is 4.91 Å². The van der Waals surface area contributed by atoms with Crippen LogP contribution in [-0.4, -0.2) is 25.2 Å². The Balaban J connectivity index is 1.77. The SMILES string of the molecule is COc1ccc2c(c1)C(c1ccccc1)OC21CCN(N=O)CC1. The van der Waals surface area contributed by atoms with E-state index in [4.69, 9.17) is 9.47 Å². The summed E-state index contributed by atoms with van der Waals surface area (Å²) < 4.78 is 12.0. The molecule has 1 fully saturated rings. The van der Waals surface area contributed by atoms with Crippen LogP contribution in [0.3, 0.4) is 0 Å². The third-order valence-electron chi connectivity index (χ3n) is 5.14. The number of piperidine rings is 1. The van der Waals surface area contributed by atoms with Crippen molar-refractivity contribution in [2.75, 3.05) is 20.2 Å². The summed E-state index contributed by atoms with van der Waals surface area (Å²) in [6.07, 6.45) is 1.43. The van der Waals surface area contributed by atoms with Gasteiger partial charge in [0, 0.05) is 25.9 Å². The molecule has 4 rings (SSSR count). The largest absolute Gasteiger partial charge is 0.497 e. The molecule has 1 spiro atoms. The van der Waals surface area contributed by atoms with Gasteiger partial charge in [-0.15, -0.1) is 4.91 Å². The Labute approximate surface area is 141 Å². The van der Waals surface area contributed by atoms with E-state index >= 15 is 0 Å². The molecule has 1 unspecified atom stereocenters. The Morgan fingerprint density at radius 1 is 1.17 bits per heavy atom. The van der Waals surface area contributed by atoms with Gasteiger partial charge in [0.1, 0.15) is 11.9 Å². The van der Waals surface area contributed by atoms with E-state index in [2.05, 4.69) is 29.6 Å². The molecule has 5 heteroatoms. The van der Waals surface area contributed by atoms with E-state index in [1.165, 1.54) is 5.56 Å². The normalized spacial score (nSPS) is 21.5. The predicted octanol–water partition coefficient (Wildman–Crippen LogP) is 3.79. The number of hydrogen-bond acceptors (Lipinski definition) is 4. The molecule has 2 aromatic carbocycles. The van der Waals surface area contributed by atoms with Gasteiger partial charge in [-0.2, -0.15) is 0 Å². The molecular weight excluding hydrogens is 304 g/mol. The van der Waals surface area contributed by atoms with Crippen molar-refractivity contribution in [1.29, 1.82) is 0 Å². The van der Waals surface area contributed by atoms with Crippen molar-refractivity contribution < 1.29 is 9.47 Å². The van der Waals surface area contributed by atoms with Crippen LogP contribution in [0.1, 0.15) is 35.6 Å². The molecule has 2 heterocycles. The number of hydrogen-bond donors (Lipinski definition) is 0. The molecule has 0 radical (unpaired) electrons. The molecule has 0 N–H and O–H groups in total. The lowest BCUT2D eigenvalue weighted by Crippen LogP contribution is -2.40. The molecule has 5 nitrogen and oxygen atoms in total. The fourth-order valence-electron chi connectivity index (χ4n) is 3.85. The van der Waals surface area contributed by atoms with Gasteiger partial charge in [0.05, 0.1) is 18.0 Å². The minimum Gasteiger partial charge on any atom is -0.497 e. The Bertz CT molecular complexity index is 740. The third kappa shape index (κ3) is 2.36. The van der Waals surface area contributed by atoms with Crippen LogP contribution >= 0.6 is 0 Å². The van der Waals surface area contributed by atoms with Gasteiger partial charge < -0.3 is 9.47 Å². The van der Waals surface area contributed by atoms with Crippen LogP contribution in [0.4, 0.5) is 0 Å². The molecule has 0 bridgehead atoms. The molecule has 1 atom stereocenters. The van der Waals surface area contributed by atoms with Crippen LogP contribution in [0.25, 0.3) is 0 Å². The molecular formula is C19H20N2O3. The van der Waals surface area contributed by atoms with Gasteiger partial charge >= 0.3 is 0 Å². The molecule has 2 aliphatic rings. The summed E-state index contributed by atoms with van der Waals surface area (Å²) in [5.41, 5.74) is 3.17. The smallest absolute Gasteiger partial charge is 0.119 e. The Morgan fingerprint density at radius 2 is 1.92 bits per heavy atom. The van der Waals surface area contributed by atoms with Crippen molar-refractivity contribution in [2.24, 2.45) is 5.29 Å². The van der Waals surface area contributed by atoms with E-state index in [0.717, 1.165) is 29.7 Å². The zero-order valence-electron chi connectivity index (χ0n) is 13.6. The standard InChI is InChI=1S/C19H20N2O3/c1-23-15-7-8-17-16(13-15)18(14-5-3-2-4-6-14)24-19(17)9-11-21(20-22)12-10-19/h2-8,13,18H,9-12H2,1H3. The highest BCUT2D eigenvalue weighted by Gasteiger charge is 2.47. The van der Waals surface area contributed by atoms with Crippen molar-refractivity contribution >= 4 is 0 Å². The molecule has 2 aromatic rings. The maximum atomic E-state index is 10.8. The van der Waals surface area contributed by atoms with Gasteiger partial charge in [-0.05, 0) is 28.8 Å². The van der Waals surface area contributed by atoms with Crippen LogP contribution in [-0.2, 0) is 10.3 Å². The zero-order valence-corrected chi connectivity index (χ0v) is 13.6. The molecule has 0 amide bonds. The van der Waals surface area contributed by atoms with E-state index in [-0.39, 0.29) is 11.7 Å². The van der Waals surface area contributed by atoms with Crippen LogP contribution in [0.15, 0.2) is 53.8 Å². The van der Waals surface area contributed by atoms with Crippen molar-refractivity contribution in [3.63, 3.8) is 0 Å². The highest BCUT2D eigenvalue weighted by molar-refractivity contribution is 5.47. The molecule has 0 aromatic heterocycles. The minimum absolute atomic E-state index is 0.105. The lowest BCUT2D eigenvalue weighted by Gasteiger charge is -2.37. The number of benzene rings is 2. The van der Waals surface area contributed by atoms with Crippen molar-refractivity contribution in [1.82, 2.24) is 5.01 Å². The summed E-state index contributed by atoms with van der Waals surface area (Å²) in [5, 5.41) is 4.65. The van der Waals surface area contributed by atoms with Crippen molar-refractivity contribution in [3.8, 4) is 5.75 Å². The van der Waals surface area contributed by atoms with E-state index < -0.39 is 0 Å². The van der Waals surface area contributed by atoms with Crippen LogP contribution < -0.4 is 4.74 Å². The number of ether oxygens (including phenoxy) is 2. The fourth-order valence-corrected chi connectivity index (χ4v) is 3.85. The summed E-state index contributed by atoms with van der Waals surface area (Å²) in [5.74, 6) is 0.835. The highest BCUT2D eigenvalue weighted by atomic mass is 16.5. The van der Waals surface area contributed by atoms with E-state index in [0.29, 0.717) is 13.1 Å². The average molecular weight is 324 g/mol. The lowest BCUT2D eigenvalue weighted by molar-refractivity contribution is -0.0969. The quantitative estimate of drug-likeness (QED) is 0.806. The minimum atomic E-state index is -0.344. The first-order valence-electron chi connectivity index (χ1n) is 8.25. The molecule has 0 saturated carbocycles. The second-order valence-electron chi connectivity index (χ2n) is 6.39. The lowest BCUT2D eigenvalue weighted by atomic mass is 9.83. The van der Waals surface area contributed by atoms with Gasteiger partial charge in [-0.1, -0.05) is 36.4 Å². The molecule has 124 valence electrons. The Hall–Kier alpha value is -2.40. The summed E-state index contributed by atoms with van der Waals surface area (Å²) >= 11 is 0. The first kappa shape index (κ1) is 15.1. The second kappa shape index (κ2) is 5.91. The van der Waals surface area contributed by atoms with Crippen molar-refractivity contribution in [3.05, 3.63) is 70.1 Å². The maximum Gasteiger partial charge on any atom is 0.119 e. The maximum absolute atomic E-state index is 10.8. The zero-order chi connectivity index (χ0) is 16.6. The molecule has 24 heavy (non-hydrogen) atoms. The van der Waals surface area contributed by atoms with Crippen LogP contribution in [0, 0.1) is 4.91 Å². The summed E-state index contributed by atoms with van der Waals surface area (Å²) in [7, 11) is 1.68. The number of fused-ring (bicyclic) bond motifs is 2. The summed E-state index contributed by atoms with van der Waals surface area (Å²) in [6.45, 7) is 1.24. The van der Waals surface area contributed by atoms with E-state index in [1.807, 2.05) is 24.3 Å². The molecule has 1 saturated heterocycles. The first-order chi connectivity index (χ1) is 11.8. The monoisotopic (exact) mass is 324 g/mol. The number of nitrogens with zero attached hydrogens (tertiary/aromatic N) is 2. The van der Waals surface area contributed by atoms with Gasteiger partial charge in [0.25, 0.3) is 0 Å². The van der Waals surface area contributed by atoms with Crippen LogP contribution in [0.5, 0.6) is 5.75 Å². The molecule has 0 aliphatic carbocycles. The summed E-state index contributed by atoms with van der Waals surface area (Å²) in [6, 6.07) is 16.4. The third-order valence-corrected chi connectivity index (χ3v) is 5.14. The van der Waals surface area contributed by atoms with Crippen LogP contribution in [0.2, 0.25) is 0 Å². The first-order valence-corrected chi connectivity index (χ1v) is 8.25. The average Bonchev–Trinajstić information content (AvgIpc) is 2.97. The number of rotatable bonds is 3. The highest BCUT2D eigenvalue weighted by Crippen LogP contribution is 2.52. The van der Waals surface area contributed by atoms with Gasteiger partial charge in [-0.25, -0.2) is 0 Å². The van der Waals surface area contributed by atoms with Gasteiger partial charge in [0.2, 0.25) is 0 Å². The fraction of sp³-hybridized carbons (Fsp3) is 0.368. The van der Waals surface area contributed by atoms with E-state index in [1.54, 1.807) is 12.1 Å². The number of methoxy groups -OCH3 is 1. The number of nitroso groups, excluding NO2 is 1. The Morgan fingerprint density at radius 3 is 2.58 bits per heavy atom. The van der Waals surface area contributed by atoms with Gasteiger partial charge in [-0.3, -0.25) is 5.01 Å².